The van der Waals surface area contributed by atoms with Gasteiger partial charge in [0.2, 0.25) is 0 Å². The summed E-state index contributed by atoms with van der Waals surface area (Å²) in [4.78, 5) is 10.7. The van der Waals surface area contributed by atoms with Crippen LogP contribution in [0.5, 0.6) is 0 Å². The van der Waals surface area contributed by atoms with Gasteiger partial charge in [0.25, 0.3) is 0 Å². The lowest BCUT2D eigenvalue weighted by atomic mass is 10.1. The summed E-state index contributed by atoms with van der Waals surface area (Å²) in [5.74, 6) is 0. The van der Waals surface area contributed by atoms with Crippen LogP contribution in [0.2, 0.25) is 0 Å². The Hall–Kier alpha value is -1.25. The van der Waals surface area contributed by atoms with Crippen molar-refractivity contribution in [2.45, 2.75) is 25.4 Å². The molecule has 0 aliphatic heterocycles. The van der Waals surface area contributed by atoms with E-state index < -0.39 is 6.16 Å². The van der Waals surface area contributed by atoms with Crippen molar-refractivity contribution in [2.75, 3.05) is 7.11 Å². The molecule has 74 valence electrons. The van der Waals surface area contributed by atoms with Crippen LogP contribution < -0.4 is 0 Å². The maximum atomic E-state index is 10.7. The van der Waals surface area contributed by atoms with Gasteiger partial charge in [-0.15, -0.1) is 6.58 Å². The molecule has 0 rings (SSSR count). The Morgan fingerprint density at radius 1 is 1.54 bits per heavy atom. The lowest BCUT2D eigenvalue weighted by Gasteiger charge is -2.11. The summed E-state index contributed by atoms with van der Waals surface area (Å²) in [7, 11) is 1.28. The van der Waals surface area contributed by atoms with Gasteiger partial charge in [-0.25, -0.2) is 4.79 Å². The Labute approximate surface area is 79.0 Å². The van der Waals surface area contributed by atoms with E-state index in [4.69, 9.17) is 4.74 Å². The van der Waals surface area contributed by atoms with E-state index in [9.17, 15) is 4.79 Å². The highest BCUT2D eigenvalue weighted by Crippen LogP contribution is 2.07. The van der Waals surface area contributed by atoms with Crippen molar-refractivity contribution >= 4 is 6.16 Å². The number of rotatable bonds is 6. The number of hydrogen-bond acceptors (Lipinski definition) is 3. The van der Waals surface area contributed by atoms with E-state index in [2.05, 4.69) is 17.9 Å². The molecule has 0 amide bonds. The average Bonchev–Trinajstić information content (AvgIpc) is 2.16. The fraction of sp³-hybridized carbons (Fsp3) is 0.500. The largest absolute Gasteiger partial charge is 0.508 e. The second-order valence-corrected chi connectivity index (χ2v) is 2.57. The first-order valence-corrected chi connectivity index (χ1v) is 4.22. The van der Waals surface area contributed by atoms with Crippen LogP contribution in [-0.2, 0) is 9.47 Å². The van der Waals surface area contributed by atoms with Crippen LogP contribution in [0.3, 0.4) is 0 Å². The monoisotopic (exact) mass is 184 g/mol. The van der Waals surface area contributed by atoms with Crippen molar-refractivity contribution in [3.8, 4) is 0 Å². The van der Waals surface area contributed by atoms with Gasteiger partial charge in [-0.1, -0.05) is 18.7 Å². The number of ether oxygens (including phenoxy) is 2. The van der Waals surface area contributed by atoms with Gasteiger partial charge in [-0.05, 0) is 19.3 Å². The Kier molecular flexibility index (Phi) is 6.69. The number of allylic oxidation sites excluding steroid dienone is 1. The highest BCUT2D eigenvalue weighted by Gasteiger charge is 2.09. The molecule has 0 aromatic heterocycles. The van der Waals surface area contributed by atoms with Crippen molar-refractivity contribution in [3.63, 3.8) is 0 Å². The van der Waals surface area contributed by atoms with Gasteiger partial charge in [-0.2, -0.15) is 0 Å². The first-order valence-electron chi connectivity index (χ1n) is 4.22. The molecule has 1 atom stereocenters. The number of carbonyl (C=O) groups is 1. The molecule has 0 heterocycles. The van der Waals surface area contributed by atoms with E-state index in [0.717, 1.165) is 19.3 Å². The normalized spacial score (nSPS) is 11.5. The third-order valence-electron chi connectivity index (χ3n) is 1.57. The Bertz CT molecular complexity index is 175. The molecule has 0 aliphatic carbocycles. The topological polar surface area (TPSA) is 35.5 Å². The summed E-state index contributed by atoms with van der Waals surface area (Å²) in [5, 5.41) is 0. The minimum Gasteiger partial charge on any atom is -0.438 e. The second kappa shape index (κ2) is 7.40. The molecule has 3 nitrogen and oxygen atoms in total. The van der Waals surface area contributed by atoms with Crippen molar-refractivity contribution in [3.05, 3.63) is 25.3 Å². The molecule has 0 aliphatic rings. The van der Waals surface area contributed by atoms with Crippen LogP contribution in [0.15, 0.2) is 25.3 Å². The van der Waals surface area contributed by atoms with E-state index in [1.165, 1.54) is 7.11 Å². The van der Waals surface area contributed by atoms with Gasteiger partial charge in [-0.3, -0.25) is 0 Å². The summed E-state index contributed by atoms with van der Waals surface area (Å²) in [6, 6.07) is 0. The Morgan fingerprint density at radius 3 is 2.69 bits per heavy atom. The fourth-order valence-electron chi connectivity index (χ4n) is 0.860. The van der Waals surface area contributed by atoms with E-state index in [1.54, 1.807) is 6.08 Å². The molecule has 0 bridgehead atoms. The summed E-state index contributed by atoms with van der Waals surface area (Å²) in [6.07, 6.45) is 5.10. The zero-order chi connectivity index (χ0) is 10.1. The average molecular weight is 184 g/mol. The van der Waals surface area contributed by atoms with Crippen LogP contribution >= 0.6 is 0 Å². The quantitative estimate of drug-likeness (QED) is 0.361. The van der Waals surface area contributed by atoms with Gasteiger partial charge in [0.15, 0.2) is 0 Å². The molecule has 0 aromatic rings. The Balaban J connectivity index is 3.68. The SMILES string of the molecule is C=CCCC[C@@H](C=C)OC(=O)OC. The van der Waals surface area contributed by atoms with Gasteiger partial charge in [0, 0.05) is 0 Å². The maximum Gasteiger partial charge on any atom is 0.508 e. The maximum absolute atomic E-state index is 10.7. The fourth-order valence-corrected chi connectivity index (χ4v) is 0.860. The zero-order valence-corrected chi connectivity index (χ0v) is 7.99. The summed E-state index contributed by atoms with van der Waals surface area (Å²) >= 11 is 0. The highest BCUT2D eigenvalue weighted by molar-refractivity contribution is 5.60. The summed E-state index contributed by atoms with van der Waals surface area (Å²) < 4.78 is 9.24. The molecule has 0 spiro atoms. The number of methoxy groups -OCH3 is 1. The van der Waals surface area contributed by atoms with E-state index >= 15 is 0 Å². The van der Waals surface area contributed by atoms with Crippen molar-refractivity contribution < 1.29 is 14.3 Å². The molecule has 13 heavy (non-hydrogen) atoms. The standard InChI is InChI=1S/C10H16O3/c1-4-6-7-8-9(5-2)13-10(11)12-3/h4-5,9H,1-2,6-8H2,3H3/t9-/m1/s1. The molecular weight excluding hydrogens is 168 g/mol. The van der Waals surface area contributed by atoms with E-state index in [1.807, 2.05) is 6.08 Å². The molecular formula is C10H16O3. The number of unbranched alkanes of at least 4 members (excludes halogenated alkanes) is 1. The van der Waals surface area contributed by atoms with Gasteiger partial charge < -0.3 is 9.47 Å². The predicted octanol–water partition coefficient (Wildman–Crippen LogP) is 2.68. The van der Waals surface area contributed by atoms with Crippen LogP contribution in [0.25, 0.3) is 0 Å². The van der Waals surface area contributed by atoms with E-state index in [0.29, 0.717) is 0 Å². The first kappa shape index (κ1) is 11.8. The highest BCUT2D eigenvalue weighted by atomic mass is 16.7. The van der Waals surface area contributed by atoms with Crippen LogP contribution in [0.1, 0.15) is 19.3 Å². The molecule has 0 aromatic carbocycles. The van der Waals surface area contributed by atoms with Gasteiger partial charge in [0.1, 0.15) is 6.10 Å². The number of hydrogen-bond donors (Lipinski definition) is 0. The molecule has 0 N–H and O–H groups in total. The number of carbonyl (C=O) groups excluding carboxylic acids is 1. The minimum absolute atomic E-state index is 0.257. The van der Waals surface area contributed by atoms with Crippen molar-refractivity contribution in [1.29, 1.82) is 0 Å². The Morgan fingerprint density at radius 2 is 2.23 bits per heavy atom. The molecule has 0 saturated carbocycles. The lowest BCUT2D eigenvalue weighted by molar-refractivity contribution is 0.0496. The molecule has 0 unspecified atom stereocenters. The summed E-state index contributed by atoms with van der Waals surface area (Å²) in [6.45, 7) is 7.17. The summed E-state index contributed by atoms with van der Waals surface area (Å²) in [5.41, 5.74) is 0. The predicted molar refractivity (Wildman–Crippen MR) is 51.5 cm³/mol. The molecule has 0 radical (unpaired) electrons. The molecule has 0 saturated heterocycles. The first-order chi connectivity index (χ1) is 6.24. The smallest absolute Gasteiger partial charge is 0.438 e. The van der Waals surface area contributed by atoms with Crippen LogP contribution in [0, 0.1) is 0 Å². The third kappa shape index (κ3) is 5.96. The van der Waals surface area contributed by atoms with Crippen molar-refractivity contribution in [2.24, 2.45) is 0 Å². The van der Waals surface area contributed by atoms with Crippen LogP contribution in [0.4, 0.5) is 4.79 Å². The van der Waals surface area contributed by atoms with E-state index in [-0.39, 0.29) is 6.10 Å². The van der Waals surface area contributed by atoms with Gasteiger partial charge >= 0.3 is 6.16 Å². The second-order valence-electron chi connectivity index (χ2n) is 2.57. The lowest BCUT2D eigenvalue weighted by Crippen LogP contribution is -2.15. The van der Waals surface area contributed by atoms with Crippen LogP contribution in [-0.4, -0.2) is 19.4 Å². The molecule has 3 heteroatoms. The zero-order valence-electron chi connectivity index (χ0n) is 7.99. The van der Waals surface area contributed by atoms with Crippen molar-refractivity contribution in [1.82, 2.24) is 0 Å². The minimum atomic E-state index is -0.663. The third-order valence-corrected chi connectivity index (χ3v) is 1.57. The van der Waals surface area contributed by atoms with Gasteiger partial charge in [0.05, 0.1) is 7.11 Å². The molecule has 0 fully saturated rings.